The Labute approximate surface area is 171 Å². The van der Waals surface area contributed by atoms with Crippen LogP contribution in [-0.2, 0) is 34.3 Å². The van der Waals surface area contributed by atoms with Crippen LogP contribution in [0, 0.1) is 11.8 Å². The van der Waals surface area contributed by atoms with E-state index in [1.54, 1.807) is 12.3 Å². The third-order valence-electron chi connectivity index (χ3n) is 4.95. The van der Waals surface area contributed by atoms with Crippen molar-refractivity contribution in [2.75, 3.05) is 13.7 Å². The normalized spacial score (nSPS) is 14.8. The van der Waals surface area contributed by atoms with E-state index < -0.39 is 0 Å². The first-order chi connectivity index (χ1) is 12.2. The van der Waals surface area contributed by atoms with Gasteiger partial charge in [0.25, 0.3) is 0 Å². The Morgan fingerprint density at radius 1 is 1.31 bits per heavy atom. The van der Waals surface area contributed by atoms with Gasteiger partial charge in [-0.25, -0.2) is 0 Å². The van der Waals surface area contributed by atoms with Crippen LogP contribution in [0.3, 0.4) is 0 Å². The van der Waals surface area contributed by atoms with E-state index in [4.69, 9.17) is 4.74 Å². The number of amides is 1. The van der Waals surface area contributed by atoms with Crippen LogP contribution in [0.2, 0.25) is 4.51 Å². The van der Waals surface area contributed by atoms with Crippen molar-refractivity contribution in [3.8, 4) is 0 Å². The molecule has 0 unspecified atom stereocenters. The number of nitrogens with zero attached hydrogens (tertiary/aromatic N) is 2. The fourth-order valence-electron chi connectivity index (χ4n) is 2.92. The molecule has 0 aliphatic rings. The van der Waals surface area contributed by atoms with Crippen LogP contribution in [0.4, 0.5) is 0 Å². The summed E-state index contributed by atoms with van der Waals surface area (Å²) < 4.78 is 5.14. The second kappa shape index (κ2) is 11.1. The van der Waals surface area contributed by atoms with E-state index in [-0.39, 0.29) is 22.4 Å². The van der Waals surface area contributed by atoms with E-state index in [1.807, 2.05) is 11.9 Å². The molecular formula is C19H31N2O3SZn. The summed E-state index contributed by atoms with van der Waals surface area (Å²) in [6, 6.07) is 0.176. The zero-order chi connectivity index (χ0) is 19.9. The second-order valence-corrected chi connectivity index (χ2v) is 9.93. The quantitative estimate of drug-likeness (QED) is 0.412. The number of ether oxygens (including phenoxy) is 1. The molecule has 0 radical (unpaired) electrons. The number of rotatable bonds is 10. The molecule has 0 aliphatic carbocycles. The van der Waals surface area contributed by atoms with E-state index >= 15 is 0 Å². The van der Waals surface area contributed by atoms with Crippen molar-refractivity contribution in [3.63, 3.8) is 0 Å². The minimum absolute atomic E-state index is 0.154. The molecule has 0 aliphatic heterocycles. The van der Waals surface area contributed by atoms with Gasteiger partial charge in [-0.2, -0.15) is 0 Å². The summed E-state index contributed by atoms with van der Waals surface area (Å²) in [6.45, 7) is 10.8. The van der Waals surface area contributed by atoms with Crippen molar-refractivity contribution < 1.29 is 32.6 Å². The van der Waals surface area contributed by atoms with Gasteiger partial charge < -0.3 is 0 Å². The Balaban J connectivity index is 2.74. The predicted molar refractivity (Wildman–Crippen MR) is 101 cm³/mol. The van der Waals surface area contributed by atoms with Gasteiger partial charge in [0.15, 0.2) is 0 Å². The number of carbonyl (C=O) groups excluding carboxylic acids is 2. The third kappa shape index (κ3) is 6.42. The van der Waals surface area contributed by atoms with Gasteiger partial charge in [0.2, 0.25) is 0 Å². The topological polar surface area (TPSA) is 59.5 Å². The predicted octanol–water partition coefficient (Wildman–Crippen LogP) is 4.12. The Bertz CT molecular complexity index is 591. The summed E-state index contributed by atoms with van der Waals surface area (Å²) in [5, 5.41) is 2.67. The number of aromatic nitrogens is 1. The molecule has 0 aromatic carbocycles. The van der Waals surface area contributed by atoms with Crippen molar-refractivity contribution in [1.29, 1.82) is 0 Å². The molecule has 0 spiro atoms. The Morgan fingerprint density at radius 2 is 1.96 bits per heavy atom. The summed E-state index contributed by atoms with van der Waals surface area (Å²) in [5.41, 5.74) is 0.383. The van der Waals surface area contributed by atoms with Crippen molar-refractivity contribution in [1.82, 2.24) is 9.88 Å². The van der Waals surface area contributed by atoms with Gasteiger partial charge in [0.05, 0.1) is 0 Å². The van der Waals surface area contributed by atoms with Gasteiger partial charge >= 0.3 is 165 Å². The van der Waals surface area contributed by atoms with Crippen molar-refractivity contribution in [2.45, 2.75) is 64.4 Å². The Kier molecular flexibility index (Phi) is 9.95. The van der Waals surface area contributed by atoms with Crippen LogP contribution in [0.5, 0.6) is 0 Å². The molecule has 143 valence electrons. The Hall–Kier alpha value is -0.807. The van der Waals surface area contributed by atoms with Crippen LogP contribution in [-0.4, -0.2) is 41.5 Å². The molecule has 1 aromatic heterocycles. The average molecular weight is 433 g/mol. The fourth-order valence-corrected chi connectivity index (χ4v) is 5.01. The molecule has 0 bridgehead atoms. The summed E-state index contributed by atoms with van der Waals surface area (Å²) in [6.07, 6.45) is 2.65. The second-order valence-electron chi connectivity index (χ2n) is 7.14. The maximum atomic E-state index is 12.8. The zero-order valence-corrected chi connectivity index (χ0v) is 20.7. The third-order valence-corrected chi connectivity index (χ3v) is 8.28. The molecule has 26 heavy (non-hydrogen) atoms. The van der Waals surface area contributed by atoms with Crippen molar-refractivity contribution in [3.05, 3.63) is 16.1 Å². The van der Waals surface area contributed by atoms with Gasteiger partial charge in [-0.3, -0.25) is 0 Å². The van der Waals surface area contributed by atoms with Crippen molar-refractivity contribution >= 4 is 23.2 Å². The average Bonchev–Trinajstić information content (AvgIpc) is 3.08. The van der Waals surface area contributed by atoms with Gasteiger partial charge in [-0.05, 0) is 6.92 Å². The molecule has 1 rings (SSSR count). The van der Waals surface area contributed by atoms with Gasteiger partial charge in [-0.1, -0.05) is 0 Å². The fraction of sp³-hybridized carbons (Fsp3) is 0.737. The van der Waals surface area contributed by atoms with E-state index in [2.05, 4.69) is 32.7 Å². The van der Waals surface area contributed by atoms with E-state index in [0.29, 0.717) is 24.1 Å². The first-order valence-electron chi connectivity index (χ1n) is 9.44. The zero-order valence-electron chi connectivity index (χ0n) is 16.9. The Morgan fingerprint density at radius 3 is 2.50 bits per heavy atom. The molecule has 5 nitrogen and oxygen atoms in total. The monoisotopic (exact) mass is 431 g/mol. The molecule has 0 N–H and O–H groups in total. The molecule has 1 heterocycles. The number of esters is 1. The van der Waals surface area contributed by atoms with Crippen LogP contribution in [0.1, 0.15) is 63.0 Å². The van der Waals surface area contributed by atoms with Crippen molar-refractivity contribution in [2.24, 2.45) is 11.8 Å². The molecule has 0 saturated heterocycles. The van der Waals surface area contributed by atoms with Gasteiger partial charge in [-0.15, -0.1) is 0 Å². The SMILES string of the molecule is CCOC(=O)c1csc(CC[C@H](C(C)C)N(C)C(=O)[C@@H]([Zn])[C@@H](C)CC)n1. The number of aryl methyl sites for hydroxylation is 1. The van der Waals surface area contributed by atoms with E-state index in [0.717, 1.165) is 42.6 Å². The molecular weight excluding hydrogens is 402 g/mol. The molecule has 7 heteroatoms. The van der Waals surface area contributed by atoms with Gasteiger partial charge in [0, 0.05) is 0 Å². The summed E-state index contributed by atoms with van der Waals surface area (Å²) >= 11 is 2.48. The van der Waals surface area contributed by atoms with Crippen LogP contribution in [0.25, 0.3) is 0 Å². The molecule has 0 saturated carbocycles. The number of hydrogen-bond acceptors (Lipinski definition) is 5. The molecule has 0 fully saturated rings. The number of carbonyl (C=O) groups is 2. The first kappa shape index (κ1) is 23.2. The summed E-state index contributed by atoms with van der Waals surface area (Å²) in [5.74, 6) is 0.709. The summed E-state index contributed by atoms with van der Waals surface area (Å²) in [4.78, 5) is 30.9. The molecule has 3 atom stereocenters. The first-order valence-corrected chi connectivity index (χ1v) is 12.0. The van der Waals surface area contributed by atoms with Crippen LogP contribution < -0.4 is 0 Å². The molecule has 1 aromatic rings. The van der Waals surface area contributed by atoms with E-state index in [9.17, 15) is 9.59 Å². The number of thiazole rings is 1. The van der Waals surface area contributed by atoms with Crippen LogP contribution in [0.15, 0.2) is 5.38 Å². The maximum absolute atomic E-state index is 12.8. The van der Waals surface area contributed by atoms with Crippen LogP contribution >= 0.6 is 11.3 Å². The number of hydrogen-bond donors (Lipinski definition) is 0. The van der Waals surface area contributed by atoms with Gasteiger partial charge in [0.1, 0.15) is 0 Å². The standard InChI is InChI=1S/C19H31N2O3S.Zn/c1-7-14(5)11-18(22)21(6)16(13(3)4)9-10-17-20-15(12-25-17)19(23)24-8-2;/h11-14,16H,7-10H2,1-6H3;/t14-,16+;/m0./s1. The summed E-state index contributed by atoms with van der Waals surface area (Å²) in [7, 11) is 1.93. The minimum atomic E-state index is -0.366. The molecule has 1 amide bonds. The van der Waals surface area contributed by atoms with E-state index in [1.165, 1.54) is 11.3 Å².